The van der Waals surface area contributed by atoms with E-state index in [-0.39, 0.29) is 0 Å². The molecule has 112 valence electrons. The predicted molar refractivity (Wildman–Crippen MR) is 88.1 cm³/mol. The van der Waals surface area contributed by atoms with Crippen molar-refractivity contribution in [2.45, 2.75) is 57.6 Å². The molecule has 20 heavy (non-hydrogen) atoms. The molecular formula is C17H26BrNO. The summed E-state index contributed by atoms with van der Waals surface area (Å²) in [5, 5.41) is 3.62. The number of hydrogen-bond donors (Lipinski definition) is 1. The maximum absolute atomic E-state index is 5.70. The minimum atomic E-state index is 0.532. The molecule has 1 saturated heterocycles. The second kappa shape index (κ2) is 8.81. The van der Waals surface area contributed by atoms with Gasteiger partial charge >= 0.3 is 0 Å². The largest absolute Gasteiger partial charge is 0.378 e. The molecule has 0 aromatic heterocycles. The van der Waals surface area contributed by atoms with Crippen LogP contribution < -0.4 is 5.32 Å². The molecule has 0 aliphatic carbocycles. The highest BCUT2D eigenvalue weighted by molar-refractivity contribution is 9.10. The number of halogens is 1. The first-order valence-electron chi connectivity index (χ1n) is 7.87. The second-order valence-electron chi connectivity index (χ2n) is 5.65. The minimum Gasteiger partial charge on any atom is -0.378 e. The van der Waals surface area contributed by atoms with Crippen LogP contribution in [0.2, 0.25) is 0 Å². The molecule has 0 saturated carbocycles. The van der Waals surface area contributed by atoms with Crippen molar-refractivity contribution in [3.8, 4) is 0 Å². The third-order valence-corrected chi connectivity index (χ3v) is 4.52. The summed E-state index contributed by atoms with van der Waals surface area (Å²) < 4.78 is 6.85. The summed E-state index contributed by atoms with van der Waals surface area (Å²) in [6.07, 6.45) is 7.89. The zero-order chi connectivity index (χ0) is 14.2. The summed E-state index contributed by atoms with van der Waals surface area (Å²) in [7, 11) is 0. The van der Waals surface area contributed by atoms with Crippen LogP contribution in [0, 0.1) is 0 Å². The molecule has 0 bridgehead atoms. The minimum absolute atomic E-state index is 0.532. The van der Waals surface area contributed by atoms with Gasteiger partial charge in [0.25, 0.3) is 0 Å². The van der Waals surface area contributed by atoms with Gasteiger partial charge in [-0.15, -0.1) is 0 Å². The molecule has 2 rings (SSSR count). The fourth-order valence-electron chi connectivity index (χ4n) is 2.93. The van der Waals surface area contributed by atoms with Gasteiger partial charge in [-0.2, -0.15) is 0 Å². The normalized spacial score (nSPS) is 20.2. The van der Waals surface area contributed by atoms with Gasteiger partial charge in [-0.3, -0.25) is 0 Å². The Labute approximate surface area is 131 Å². The van der Waals surface area contributed by atoms with E-state index in [1.807, 2.05) is 0 Å². The average molecular weight is 340 g/mol. The van der Waals surface area contributed by atoms with Gasteiger partial charge in [0.1, 0.15) is 0 Å². The number of rotatable bonds is 8. The van der Waals surface area contributed by atoms with Crippen molar-refractivity contribution in [3.05, 3.63) is 34.3 Å². The van der Waals surface area contributed by atoms with E-state index >= 15 is 0 Å². The van der Waals surface area contributed by atoms with E-state index in [9.17, 15) is 0 Å². The van der Waals surface area contributed by atoms with Gasteiger partial charge in [-0.05, 0) is 62.8 Å². The van der Waals surface area contributed by atoms with Gasteiger partial charge in [0.2, 0.25) is 0 Å². The highest BCUT2D eigenvalue weighted by Crippen LogP contribution is 2.19. The lowest BCUT2D eigenvalue weighted by Crippen LogP contribution is -2.31. The van der Waals surface area contributed by atoms with Gasteiger partial charge < -0.3 is 10.1 Å². The zero-order valence-electron chi connectivity index (χ0n) is 12.4. The van der Waals surface area contributed by atoms with Crippen molar-refractivity contribution >= 4 is 15.9 Å². The molecule has 2 unspecified atom stereocenters. The van der Waals surface area contributed by atoms with Gasteiger partial charge in [-0.25, -0.2) is 0 Å². The van der Waals surface area contributed by atoms with Crippen LogP contribution in [0.25, 0.3) is 0 Å². The Morgan fingerprint density at radius 3 is 2.80 bits per heavy atom. The number of likely N-dealkylation sites (N-methyl/N-ethyl adjacent to an activating group) is 1. The third kappa shape index (κ3) is 5.55. The van der Waals surface area contributed by atoms with Crippen LogP contribution in [0.5, 0.6) is 0 Å². The van der Waals surface area contributed by atoms with Crippen molar-refractivity contribution in [1.82, 2.24) is 5.32 Å². The smallest absolute Gasteiger partial charge is 0.0576 e. The summed E-state index contributed by atoms with van der Waals surface area (Å²) in [6.45, 7) is 4.20. The summed E-state index contributed by atoms with van der Waals surface area (Å²) in [6, 6.07) is 9.28. The standard InChI is InChI=1S/C17H26BrNO/c1-2-19-16(5-3-6-17-7-4-12-20-17)13-14-8-10-15(18)11-9-14/h8-11,16-17,19H,2-7,12-13H2,1H3. The number of ether oxygens (including phenoxy) is 1. The second-order valence-corrected chi connectivity index (χ2v) is 6.57. The summed E-state index contributed by atoms with van der Waals surface area (Å²) >= 11 is 3.49. The lowest BCUT2D eigenvalue weighted by molar-refractivity contribution is 0.101. The molecule has 0 spiro atoms. The first kappa shape index (κ1) is 16.0. The van der Waals surface area contributed by atoms with Gasteiger partial charge in [-0.1, -0.05) is 35.0 Å². The van der Waals surface area contributed by atoms with Crippen LogP contribution in [0.1, 0.15) is 44.6 Å². The van der Waals surface area contributed by atoms with E-state index in [1.165, 1.54) is 37.7 Å². The van der Waals surface area contributed by atoms with E-state index < -0.39 is 0 Å². The van der Waals surface area contributed by atoms with Crippen LogP contribution in [0.15, 0.2) is 28.7 Å². The zero-order valence-corrected chi connectivity index (χ0v) is 14.0. The van der Waals surface area contributed by atoms with Crippen LogP contribution in [-0.2, 0) is 11.2 Å². The maximum Gasteiger partial charge on any atom is 0.0576 e. The summed E-state index contributed by atoms with van der Waals surface area (Å²) in [4.78, 5) is 0. The third-order valence-electron chi connectivity index (χ3n) is 3.99. The molecule has 1 heterocycles. The SMILES string of the molecule is CCNC(CCCC1CCCO1)Cc1ccc(Br)cc1. The Bertz CT molecular complexity index is 373. The lowest BCUT2D eigenvalue weighted by Gasteiger charge is -2.19. The van der Waals surface area contributed by atoms with Crippen LogP contribution in [-0.4, -0.2) is 25.3 Å². The van der Waals surface area contributed by atoms with Crippen molar-refractivity contribution in [1.29, 1.82) is 0 Å². The Morgan fingerprint density at radius 2 is 2.15 bits per heavy atom. The molecule has 1 N–H and O–H groups in total. The molecule has 2 atom stereocenters. The lowest BCUT2D eigenvalue weighted by atomic mass is 9.99. The van der Waals surface area contributed by atoms with Crippen molar-refractivity contribution in [3.63, 3.8) is 0 Å². The fourth-order valence-corrected chi connectivity index (χ4v) is 3.20. The molecule has 1 aromatic carbocycles. The Morgan fingerprint density at radius 1 is 1.35 bits per heavy atom. The predicted octanol–water partition coefficient (Wildman–Crippen LogP) is 4.32. The molecular weight excluding hydrogens is 314 g/mol. The van der Waals surface area contributed by atoms with Gasteiger partial charge in [0.15, 0.2) is 0 Å². The van der Waals surface area contributed by atoms with Gasteiger partial charge in [0, 0.05) is 17.1 Å². The highest BCUT2D eigenvalue weighted by atomic mass is 79.9. The Kier molecular flexibility index (Phi) is 7.05. The quantitative estimate of drug-likeness (QED) is 0.761. The number of nitrogens with one attached hydrogen (secondary N) is 1. The summed E-state index contributed by atoms with van der Waals surface area (Å²) in [5.41, 5.74) is 1.41. The van der Waals surface area contributed by atoms with E-state index in [1.54, 1.807) is 0 Å². The first-order chi connectivity index (χ1) is 9.78. The van der Waals surface area contributed by atoms with E-state index in [2.05, 4.69) is 52.4 Å². The Balaban J connectivity index is 1.75. The van der Waals surface area contributed by atoms with Crippen molar-refractivity contribution < 1.29 is 4.74 Å². The fraction of sp³-hybridized carbons (Fsp3) is 0.647. The topological polar surface area (TPSA) is 21.3 Å². The Hall–Kier alpha value is -0.380. The van der Waals surface area contributed by atoms with Crippen LogP contribution >= 0.6 is 15.9 Å². The molecule has 0 amide bonds. The molecule has 0 radical (unpaired) electrons. The maximum atomic E-state index is 5.70. The van der Waals surface area contributed by atoms with Gasteiger partial charge in [0.05, 0.1) is 6.10 Å². The van der Waals surface area contributed by atoms with Crippen LogP contribution in [0.3, 0.4) is 0 Å². The molecule has 2 nitrogen and oxygen atoms in total. The van der Waals surface area contributed by atoms with Crippen LogP contribution in [0.4, 0.5) is 0 Å². The molecule has 3 heteroatoms. The van der Waals surface area contributed by atoms with E-state index in [0.717, 1.165) is 24.0 Å². The van der Waals surface area contributed by atoms with E-state index in [4.69, 9.17) is 4.74 Å². The first-order valence-corrected chi connectivity index (χ1v) is 8.66. The molecule has 1 aliphatic heterocycles. The molecule has 1 aliphatic rings. The average Bonchev–Trinajstić information content (AvgIpc) is 2.95. The highest BCUT2D eigenvalue weighted by Gasteiger charge is 2.16. The number of hydrogen-bond acceptors (Lipinski definition) is 2. The monoisotopic (exact) mass is 339 g/mol. The molecule has 1 aromatic rings. The van der Waals surface area contributed by atoms with E-state index in [0.29, 0.717) is 12.1 Å². The molecule has 1 fully saturated rings. The van der Waals surface area contributed by atoms with Crippen molar-refractivity contribution in [2.75, 3.05) is 13.2 Å². The summed E-state index contributed by atoms with van der Waals surface area (Å²) in [5.74, 6) is 0. The number of benzene rings is 1. The van der Waals surface area contributed by atoms with Crippen molar-refractivity contribution in [2.24, 2.45) is 0 Å².